The molecular weight excluding hydrogens is 342 g/mol. The minimum atomic E-state index is 0.0648. The maximum Gasteiger partial charge on any atom is 0.317 e. The molecule has 1 saturated heterocycles. The van der Waals surface area contributed by atoms with Crippen LogP contribution in [0.4, 0.5) is 4.79 Å². The van der Waals surface area contributed by atoms with Gasteiger partial charge >= 0.3 is 6.03 Å². The molecule has 2 atom stereocenters. The van der Waals surface area contributed by atoms with E-state index in [-0.39, 0.29) is 11.9 Å². The molecule has 2 fully saturated rings. The highest BCUT2D eigenvalue weighted by Gasteiger charge is 2.32. The number of amides is 3. The average molecular weight is 376 g/mol. The third kappa shape index (κ3) is 5.75. The number of piperidine rings is 1. The Morgan fingerprint density at radius 2 is 2.00 bits per heavy atom. The molecule has 3 rings (SSSR count). The third-order valence-corrected chi connectivity index (χ3v) is 6.12. The first-order chi connectivity index (χ1) is 13.2. The Morgan fingerprint density at radius 1 is 1.19 bits per heavy atom. The van der Waals surface area contributed by atoms with Gasteiger partial charge in [0.25, 0.3) is 0 Å². The van der Waals surface area contributed by atoms with Crippen molar-refractivity contribution in [2.45, 2.75) is 70.9 Å². The predicted molar refractivity (Wildman–Crippen MR) is 104 cm³/mol. The molecule has 0 radical (unpaired) electrons. The van der Waals surface area contributed by atoms with E-state index in [2.05, 4.69) is 17.6 Å². The van der Waals surface area contributed by atoms with E-state index < -0.39 is 0 Å². The Morgan fingerprint density at radius 3 is 2.70 bits per heavy atom. The summed E-state index contributed by atoms with van der Waals surface area (Å²) >= 11 is 0. The minimum Gasteiger partial charge on any atom is -0.467 e. The maximum absolute atomic E-state index is 12.6. The number of carbonyl (C=O) groups is 2. The highest BCUT2D eigenvalue weighted by atomic mass is 16.3. The van der Waals surface area contributed by atoms with Crippen molar-refractivity contribution >= 4 is 11.9 Å². The first kappa shape index (κ1) is 19.8. The Kier molecular flexibility index (Phi) is 7.18. The van der Waals surface area contributed by atoms with E-state index in [9.17, 15) is 9.59 Å². The number of urea groups is 1. The number of likely N-dealkylation sites (tertiary alicyclic amines) is 1. The molecule has 1 aromatic heterocycles. The standard InChI is InChI=1S/C21H33N3O3/c1-2-16-15-24(21(26)23-18-7-4-3-5-8-18)11-10-17(16)13-20(25)22-14-19-9-6-12-27-19/h6,9,12,16-18H,2-5,7-8,10-11,13-15H2,1H3,(H,22,25)(H,23,26)/t16-,17+/m1/s1. The van der Waals surface area contributed by atoms with Gasteiger partial charge in [-0.2, -0.15) is 0 Å². The number of nitrogens with zero attached hydrogens (tertiary/aromatic N) is 1. The van der Waals surface area contributed by atoms with E-state index in [0.717, 1.165) is 44.5 Å². The topological polar surface area (TPSA) is 74.6 Å². The number of hydrogen-bond acceptors (Lipinski definition) is 3. The molecule has 150 valence electrons. The second-order valence-electron chi connectivity index (χ2n) is 8.01. The van der Waals surface area contributed by atoms with Crippen LogP contribution in [0.25, 0.3) is 0 Å². The zero-order valence-electron chi connectivity index (χ0n) is 16.4. The molecule has 3 amide bonds. The molecule has 2 heterocycles. The van der Waals surface area contributed by atoms with E-state index in [1.807, 2.05) is 17.0 Å². The molecule has 1 aromatic rings. The van der Waals surface area contributed by atoms with E-state index in [0.29, 0.717) is 30.8 Å². The number of furan rings is 1. The Hall–Kier alpha value is -1.98. The molecular formula is C21H33N3O3. The molecule has 1 aliphatic carbocycles. The zero-order valence-corrected chi connectivity index (χ0v) is 16.4. The Bertz CT molecular complexity index is 596. The van der Waals surface area contributed by atoms with E-state index in [4.69, 9.17) is 4.42 Å². The Labute approximate surface area is 162 Å². The van der Waals surface area contributed by atoms with Crippen LogP contribution in [0.1, 0.15) is 64.1 Å². The molecule has 0 unspecified atom stereocenters. The largest absolute Gasteiger partial charge is 0.467 e. The minimum absolute atomic E-state index is 0.0648. The van der Waals surface area contributed by atoms with Crippen molar-refractivity contribution in [1.29, 1.82) is 0 Å². The van der Waals surface area contributed by atoms with Crippen molar-refractivity contribution in [2.75, 3.05) is 13.1 Å². The van der Waals surface area contributed by atoms with Crippen LogP contribution in [0.5, 0.6) is 0 Å². The maximum atomic E-state index is 12.6. The normalized spacial score (nSPS) is 23.8. The summed E-state index contributed by atoms with van der Waals surface area (Å²) < 4.78 is 5.25. The van der Waals surface area contributed by atoms with Crippen molar-refractivity contribution in [3.63, 3.8) is 0 Å². The molecule has 1 aliphatic heterocycles. The van der Waals surface area contributed by atoms with Crippen molar-refractivity contribution in [3.8, 4) is 0 Å². The van der Waals surface area contributed by atoms with Gasteiger partial charge < -0.3 is 20.0 Å². The second-order valence-corrected chi connectivity index (χ2v) is 8.01. The van der Waals surface area contributed by atoms with Gasteiger partial charge in [-0.3, -0.25) is 4.79 Å². The SMILES string of the molecule is CC[C@@H]1CN(C(=O)NC2CCCCC2)CC[C@H]1CC(=O)NCc1ccco1. The summed E-state index contributed by atoms with van der Waals surface area (Å²) in [5.41, 5.74) is 0. The summed E-state index contributed by atoms with van der Waals surface area (Å²) in [7, 11) is 0. The fourth-order valence-electron chi connectivity index (χ4n) is 4.42. The Balaban J connectivity index is 1.44. The lowest BCUT2D eigenvalue weighted by atomic mass is 9.81. The number of hydrogen-bond donors (Lipinski definition) is 2. The van der Waals surface area contributed by atoms with Gasteiger partial charge in [0.2, 0.25) is 5.91 Å². The summed E-state index contributed by atoms with van der Waals surface area (Å²) in [6.07, 6.45) is 9.96. The quantitative estimate of drug-likeness (QED) is 0.796. The summed E-state index contributed by atoms with van der Waals surface area (Å²) in [5, 5.41) is 6.16. The molecule has 0 bridgehead atoms. The monoisotopic (exact) mass is 375 g/mol. The lowest BCUT2D eigenvalue weighted by molar-refractivity contribution is -0.123. The lowest BCUT2D eigenvalue weighted by Gasteiger charge is -2.39. The van der Waals surface area contributed by atoms with Crippen LogP contribution < -0.4 is 10.6 Å². The van der Waals surface area contributed by atoms with Gasteiger partial charge in [0.1, 0.15) is 5.76 Å². The molecule has 6 nitrogen and oxygen atoms in total. The number of rotatable bonds is 6. The van der Waals surface area contributed by atoms with Gasteiger partial charge in [-0.25, -0.2) is 4.79 Å². The fourth-order valence-corrected chi connectivity index (χ4v) is 4.42. The van der Waals surface area contributed by atoms with Gasteiger partial charge in [-0.15, -0.1) is 0 Å². The van der Waals surface area contributed by atoms with Crippen molar-refractivity contribution in [1.82, 2.24) is 15.5 Å². The van der Waals surface area contributed by atoms with Crippen LogP contribution in [-0.4, -0.2) is 36.0 Å². The molecule has 0 spiro atoms. The van der Waals surface area contributed by atoms with Crippen molar-refractivity contribution in [3.05, 3.63) is 24.2 Å². The lowest BCUT2D eigenvalue weighted by Crippen LogP contribution is -2.51. The summed E-state index contributed by atoms with van der Waals surface area (Å²) in [4.78, 5) is 26.9. The highest BCUT2D eigenvalue weighted by Crippen LogP contribution is 2.29. The van der Waals surface area contributed by atoms with Crippen molar-refractivity contribution < 1.29 is 14.0 Å². The number of carbonyl (C=O) groups excluding carboxylic acids is 2. The van der Waals surface area contributed by atoms with E-state index in [1.165, 1.54) is 19.3 Å². The third-order valence-electron chi connectivity index (χ3n) is 6.12. The van der Waals surface area contributed by atoms with Gasteiger partial charge in [0, 0.05) is 25.6 Å². The van der Waals surface area contributed by atoms with Crippen LogP contribution >= 0.6 is 0 Å². The summed E-state index contributed by atoms with van der Waals surface area (Å²) in [5.74, 6) is 1.55. The van der Waals surface area contributed by atoms with Crippen LogP contribution in [0.3, 0.4) is 0 Å². The molecule has 27 heavy (non-hydrogen) atoms. The van der Waals surface area contributed by atoms with Crippen LogP contribution in [0.15, 0.2) is 22.8 Å². The van der Waals surface area contributed by atoms with Crippen molar-refractivity contribution in [2.24, 2.45) is 11.8 Å². The molecule has 1 saturated carbocycles. The first-order valence-electron chi connectivity index (χ1n) is 10.5. The highest BCUT2D eigenvalue weighted by molar-refractivity contribution is 5.76. The van der Waals surface area contributed by atoms with Gasteiger partial charge in [0.15, 0.2) is 0 Å². The smallest absolute Gasteiger partial charge is 0.317 e. The van der Waals surface area contributed by atoms with Gasteiger partial charge in [-0.05, 0) is 43.2 Å². The van der Waals surface area contributed by atoms with E-state index >= 15 is 0 Å². The molecule has 6 heteroatoms. The van der Waals surface area contributed by atoms with Crippen LogP contribution in [-0.2, 0) is 11.3 Å². The first-order valence-corrected chi connectivity index (χ1v) is 10.5. The van der Waals surface area contributed by atoms with Gasteiger partial charge in [0.05, 0.1) is 12.8 Å². The van der Waals surface area contributed by atoms with E-state index in [1.54, 1.807) is 6.26 Å². The molecule has 2 N–H and O–H groups in total. The van der Waals surface area contributed by atoms with Gasteiger partial charge in [-0.1, -0.05) is 32.6 Å². The number of nitrogens with one attached hydrogen (secondary N) is 2. The molecule has 0 aromatic carbocycles. The second kappa shape index (κ2) is 9.81. The van der Waals surface area contributed by atoms with Crippen LogP contribution in [0.2, 0.25) is 0 Å². The van der Waals surface area contributed by atoms with Crippen LogP contribution in [0, 0.1) is 11.8 Å². The fraction of sp³-hybridized carbons (Fsp3) is 0.714. The predicted octanol–water partition coefficient (Wildman–Crippen LogP) is 3.68. The summed E-state index contributed by atoms with van der Waals surface area (Å²) in [6, 6.07) is 4.11. The molecule has 2 aliphatic rings. The average Bonchev–Trinajstić information content (AvgIpc) is 3.21. The zero-order chi connectivity index (χ0) is 19.1. The summed E-state index contributed by atoms with van der Waals surface area (Å²) in [6.45, 7) is 4.09.